The molecular formula is C15H23NO. The van der Waals surface area contributed by atoms with Crippen molar-refractivity contribution in [1.29, 1.82) is 0 Å². The standard InChI is InChI=1S/C15H23NO/c1-12-6-5-7-13(10-11-16)15(12)17-14-8-3-2-4-9-14/h5-7,14H,2-4,8-11,16H2,1H3. The normalized spacial score (nSPS) is 17.1. The molecule has 0 spiro atoms. The van der Waals surface area contributed by atoms with E-state index in [1.807, 2.05) is 0 Å². The Kier molecular flexibility index (Phi) is 4.43. The van der Waals surface area contributed by atoms with Crippen molar-refractivity contribution in [2.45, 2.75) is 51.6 Å². The Hall–Kier alpha value is -1.02. The van der Waals surface area contributed by atoms with Gasteiger partial charge in [-0.05, 0) is 56.7 Å². The number of hydrogen-bond donors (Lipinski definition) is 1. The Morgan fingerprint density at radius 3 is 2.71 bits per heavy atom. The van der Waals surface area contributed by atoms with Gasteiger partial charge >= 0.3 is 0 Å². The van der Waals surface area contributed by atoms with Gasteiger partial charge in [0.15, 0.2) is 0 Å². The van der Waals surface area contributed by atoms with Crippen LogP contribution >= 0.6 is 0 Å². The predicted octanol–water partition coefficient (Wildman–Crippen LogP) is 3.21. The van der Waals surface area contributed by atoms with Gasteiger partial charge in [0.25, 0.3) is 0 Å². The second-order valence-electron chi connectivity index (χ2n) is 4.98. The Morgan fingerprint density at radius 2 is 2.00 bits per heavy atom. The van der Waals surface area contributed by atoms with Gasteiger partial charge < -0.3 is 10.5 Å². The fourth-order valence-corrected chi connectivity index (χ4v) is 2.58. The smallest absolute Gasteiger partial charge is 0.125 e. The van der Waals surface area contributed by atoms with Gasteiger partial charge in [-0.3, -0.25) is 0 Å². The molecule has 1 aliphatic carbocycles. The van der Waals surface area contributed by atoms with Gasteiger partial charge in [0.05, 0.1) is 6.10 Å². The van der Waals surface area contributed by atoms with E-state index in [0.29, 0.717) is 12.6 Å². The van der Waals surface area contributed by atoms with Gasteiger partial charge in [0, 0.05) is 0 Å². The second-order valence-corrected chi connectivity index (χ2v) is 4.98. The molecule has 1 aromatic rings. The lowest BCUT2D eigenvalue weighted by Gasteiger charge is -2.25. The summed E-state index contributed by atoms with van der Waals surface area (Å²) in [5.41, 5.74) is 8.16. The molecule has 0 aromatic heterocycles. The van der Waals surface area contributed by atoms with Crippen molar-refractivity contribution in [2.75, 3.05) is 6.54 Å². The van der Waals surface area contributed by atoms with Crippen LogP contribution in [0.2, 0.25) is 0 Å². The summed E-state index contributed by atoms with van der Waals surface area (Å²) in [6.07, 6.45) is 7.71. The highest BCUT2D eigenvalue weighted by atomic mass is 16.5. The van der Waals surface area contributed by atoms with Crippen LogP contribution in [0.1, 0.15) is 43.2 Å². The zero-order chi connectivity index (χ0) is 12.1. The van der Waals surface area contributed by atoms with Crippen molar-refractivity contribution in [3.8, 4) is 5.75 Å². The van der Waals surface area contributed by atoms with Crippen LogP contribution in [-0.2, 0) is 6.42 Å². The van der Waals surface area contributed by atoms with Crippen LogP contribution in [0.4, 0.5) is 0 Å². The van der Waals surface area contributed by atoms with Crippen LogP contribution in [0, 0.1) is 6.92 Å². The van der Waals surface area contributed by atoms with Crippen molar-refractivity contribution < 1.29 is 4.74 Å². The summed E-state index contributed by atoms with van der Waals surface area (Å²) in [6, 6.07) is 6.35. The Balaban J connectivity index is 2.12. The zero-order valence-electron chi connectivity index (χ0n) is 10.7. The summed E-state index contributed by atoms with van der Waals surface area (Å²) in [5, 5.41) is 0. The maximum absolute atomic E-state index is 6.21. The Morgan fingerprint density at radius 1 is 1.24 bits per heavy atom. The fourth-order valence-electron chi connectivity index (χ4n) is 2.58. The summed E-state index contributed by atoms with van der Waals surface area (Å²) in [6.45, 7) is 2.81. The SMILES string of the molecule is Cc1cccc(CCN)c1OC1CCCCC1. The highest BCUT2D eigenvalue weighted by molar-refractivity contribution is 5.41. The van der Waals surface area contributed by atoms with Crippen molar-refractivity contribution in [3.63, 3.8) is 0 Å². The van der Waals surface area contributed by atoms with E-state index in [1.54, 1.807) is 0 Å². The molecule has 94 valence electrons. The summed E-state index contributed by atoms with van der Waals surface area (Å²) >= 11 is 0. The molecule has 0 unspecified atom stereocenters. The quantitative estimate of drug-likeness (QED) is 0.866. The average Bonchev–Trinajstić information content (AvgIpc) is 2.35. The van der Waals surface area contributed by atoms with E-state index in [-0.39, 0.29) is 0 Å². The third-order valence-electron chi connectivity index (χ3n) is 3.54. The monoisotopic (exact) mass is 233 g/mol. The highest BCUT2D eigenvalue weighted by Gasteiger charge is 2.17. The largest absolute Gasteiger partial charge is 0.490 e. The molecule has 0 atom stereocenters. The lowest BCUT2D eigenvalue weighted by Crippen LogP contribution is -2.21. The lowest BCUT2D eigenvalue weighted by molar-refractivity contribution is 0.152. The Labute approximate surface area is 104 Å². The van der Waals surface area contributed by atoms with Crippen molar-refractivity contribution in [2.24, 2.45) is 5.73 Å². The topological polar surface area (TPSA) is 35.2 Å². The van der Waals surface area contributed by atoms with Gasteiger partial charge in [-0.15, -0.1) is 0 Å². The van der Waals surface area contributed by atoms with E-state index in [4.69, 9.17) is 10.5 Å². The summed E-state index contributed by atoms with van der Waals surface area (Å²) in [4.78, 5) is 0. The van der Waals surface area contributed by atoms with Crippen molar-refractivity contribution in [3.05, 3.63) is 29.3 Å². The van der Waals surface area contributed by atoms with Crippen molar-refractivity contribution in [1.82, 2.24) is 0 Å². The molecule has 0 aliphatic heterocycles. The van der Waals surface area contributed by atoms with Crippen LogP contribution in [0.3, 0.4) is 0 Å². The predicted molar refractivity (Wildman–Crippen MR) is 71.4 cm³/mol. The molecule has 1 aromatic carbocycles. The van der Waals surface area contributed by atoms with E-state index in [0.717, 1.165) is 12.2 Å². The fraction of sp³-hybridized carbons (Fsp3) is 0.600. The third-order valence-corrected chi connectivity index (χ3v) is 3.54. The molecule has 17 heavy (non-hydrogen) atoms. The lowest BCUT2D eigenvalue weighted by atomic mass is 9.97. The first-order chi connectivity index (χ1) is 8.31. The number of hydrogen-bond acceptors (Lipinski definition) is 2. The summed E-state index contributed by atoms with van der Waals surface area (Å²) in [5.74, 6) is 1.09. The highest BCUT2D eigenvalue weighted by Crippen LogP contribution is 2.29. The molecule has 0 radical (unpaired) electrons. The minimum absolute atomic E-state index is 0.418. The van der Waals surface area contributed by atoms with Gasteiger partial charge in [-0.2, -0.15) is 0 Å². The average molecular weight is 233 g/mol. The molecule has 0 heterocycles. The van der Waals surface area contributed by atoms with Crippen LogP contribution in [0.15, 0.2) is 18.2 Å². The number of nitrogens with two attached hydrogens (primary N) is 1. The molecule has 0 bridgehead atoms. The maximum atomic E-state index is 6.21. The first-order valence-corrected chi connectivity index (χ1v) is 6.76. The molecule has 2 nitrogen and oxygen atoms in total. The number of rotatable bonds is 4. The molecule has 0 amide bonds. The first-order valence-electron chi connectivity index (χ1n) is 6.76. The molecule has 1 saturated carbocycles. The number of benzene rings is 1. The van der Waals surface area contributed by atoms with Gasteiger partial charge in [0.1, 0.15) is 5.75 Å². The van der Waals surface area contributed by atoms with E-state index < -0.39 is 0 Å². The minimum atomic E-state index is 0.418. The minimum Gasteiger partial charge on any atom is -0.490 e. The number of aryl methyl sites for hydroxylation is 1. The second kappa shape index (κ2) is 6.06. The number of para-hydroxylation sites is 1. The van der Waals surface area contributed by atoms with E-state index in [1.165, 1.54) is 43.2 Å². The molecule has 2 N–H and O–H groups in total. The maximum Gasteiger partial charge on any atom is 0.125 e. The third kappa shape index (κ3) is 3.22. The van der Waals surface area contributed by atoms with Gasteiger partial charge in [-0.1, -0.05) is 24.6 Å². The van der Waals surface area contributed by atoms with E-state index >= 15 is 0 Å². The Bertz CT molecular complexity index is 356. The molecule has 2 heteroatoms. The first kappa shape index (κ1) is 12.4. The summed E-state index contributed by atoms with van der Waals surface area (Å²) < 4.78 is 6.21. The number of ether oxygens (including phenoxy) is 1. The molecule has 1 aliphatic rings. The molecular weight excluding hydrogens is 210 g/mol. The van der Waals surface area contributed by atoms with Crippen LogP contribution in [-0.4, -0.2) is 12.6 Å². The molecule has 2 rings (SSSR count). The van der Waals surface area contributed by atoms with Crippen LogP contribution in [0.5, 0.6) is 5.75 Å². The van der Waals surface area contributed by atoms with Gasteiger partial charge in [-0.25, -0.2) is 0 Å². The van der Waals surface area contributed by atoms with Crippen molar-refractivity contribution >= 4 is 0 Å². The van der Waals surface area contributed by atoms with Gasteiger partial charge in [0.2, 0.25) is 0 Å². The van der Waals surface area contributed by atoms with E-state index in [9.17, 15) is 0 Å². The van der Waals surface area contributed by atoms with Crippen LogP contribution < -0.4 is 10.5 Å². The molecule has 1 fully saturated rings. The van der Waals surface area contributed by atoms with Crippen LogP contribution in [0.25, 0.3) is 0 Å². The van der Waals surface area contributed by atoms with E-state index in [2.05, 4.69) is 25.1 Å². The molecule has 0 saturated heterocycles. The summed E-state index contributed by atoms with van der Waals surface area (Å²) in [7, 11) is 0. The zero-order valence-corrected chi connectivity index (χ0v) is 10.7.